The van der Waals surface area contributed by atoms with Gasteiger partial charge in [-0.15, -0.1) is 12.4 Å². The van der Waals surface area contributed by atoms with Gasteiger partial charge in [-0.3, -0.25) is 0 Å². The molecule has 29 heavy (non-hydrogen) atoms. The molecule has 0 aromatic heterocycles. The molecule has 1 amide bonds. The van der Waals surface area contributed by atoms with Gasteiger partial charge < -0.3 is 20.5 Å². The zero-order valence-electron chi connectivity index (χ0n) is 16.4. The van der Waals surface area contributed by atoms with Gasteiger partial charge in [-0.25, -0.2) is 9.59 Å². The number of rotatable bonds is 8. The third-order valence-electron chi connectivity index (χ3n) is 5.07. The van der Waals surface area contributed by atoms with E-state index in [-0.39, 0.29) is 24.9 Å². The summed E-state index contributed by atoms with van der Waals surface area (Å²) in [5, 5.41) is 2.62. The van der Waals surface area contributed by atoms with E-state index in [0.29, 0.717) is 13.0 Å². The van der Waals surface area contributed by atoms with Gasteiger partial charge in [0.25, 0.3) is 0 Å². The summed E-state index contributed by atoms with van der Waals surface area (Å²) in [6.07, 6.45) is 1.35. The van der Waals surface area contributed by atoms with Gasteiger partial charge >= 0.3 is 12.1 Å². The predicted molar refractivity (Wildman–Crippen MR) is 114 cm³/mol. The van der Waals surface area contributed by atoms with Crippen molar-refractivity contribution in [3.63, 3.8) is 0 Å². The van der Waals surface area contributed by atoms with Crippen molar-refractivity contribution in [2.45, 2.75) is 31.2 Å². The van der Waals surface area contributed by atoms with E-state index >= 15 is 0 Å². The number of esters is 1. The number of alkyl carbamates (subject to hydrolysis) is 1. The Morgan fingerprint density at radius 1 is 1.03 bits per heavy atom. The number of nitrogens with two attached hydrogens (primary N) is 1. The Balaban J connectivity index is 0.00000300. The Morgan fingerprint density at radius 3 is 2.17 bits per heavy atom. The first-order valence-electron chi connectivity index (χ1n) is 9.55. The van der Waals surface area contributed by atoms with Gasteiger partial charge in [-0.2, -0.15) is 0 Å². The molecule has 3 N–H and O–H groups in total. The van der Waals surface area contributed by atoms with E-state index in [2.05, 4.69) is 29.6 Å². The Morgan fingerprint density at radius 2 is 1.62 bits per heavy atom. The molecule has 0 aliphatic heterocycles. The summed E-state index contributed by atoms with van der Waals surface area (Å²) in [7, 11) is 1.30. The van der Waals surface area contributed by atoms with Crippen molar-refractivity contribution in [2.75, 3.05) is 20.3 Å². The van der Waals surface area contributed by atoms with Gasteiger partial charge in [0.05, 0.1) is 7.11 Å². The minimum absolute atomic E-state index is 0. The topological polar surface area (TPSA) is 90.6 Å². The van der Waals surface area contributed by atoms with Crippen LogP contribution in [-0.2, 0) is 14.3 Å². The van der Waals surface area contributed by atoms with Crippen molar-refractivity contribution in [2.24, 2.45) is 5.73 Å². The lowest BCUT2D eigenvalue weighted by atomic mass is 9.98. The Bertz CT molecular complexity index is 798. The molecule has 0 heterocycles. The number of fused-ring (bicyclic) bond motifs is 3. The number of halogens is 1. The van der Waals surface area contributed by atoms with E-state index in [1.165, 1.54) is 18.2 Å². The van der Waals surface area contributed by atoms with Crippen LogP contribution in [0.5, 0.6) is 0 Å². The number of methoxy groups -OCH3 is 1. The lowest BCUT2D eigenvalue weighted by Crippen LogP contribution is -2.42. The zero-order chi connectivity index (χ0) is 19.9. The number of benzene rings is 2. The molecule has 156 valence electrons. The first-order chi connectivity index (χ1) is 13.7. The Kier molecular flexibility index (Phi) is 8.49. The third-order valence-corrected chi connectivity index (χ3v) is 5.07. The summed E-state index contributed by atoms with van der Waals surface area (Å²) in [5.41, 5.74) is 10.1. The quantitative estimate of drug-likeness (QED) is 0.504. The number of nitrogens with one attached hydrogen (secondary N) is 1. The fourth-order valence-corrected chi connectivity index (χ4v) is 3.67. The van der Waals surface area contributed by atoms with Crippen molar-refractivity contribution in [3.8, 4) is 11.1 Å². The predicted octanol–water partition coefficient (Wildman–Crippen LogP) is 3.62. The van der Waals surface area contributed by atoms with Gasteiger partial charge in [0.1, 0.15) is 12.6 Å². The van der Waals surface area contributed by atoms with Crippen LogP contribution in [0.4, 0.5) is 4.79 Å². The molecule has 7 heteroatoms. The van der Waals surface area contributed by atoms with Crippen LogP contribution in [0, 0.1) is 0 Å². The number of amides is 1. The van der Waals surface area contributed by atoms with Crippen LogP contribution in [0.1, 0.15) is 36.3 Å². The summed E-state index contributed by atoms with van der Waals surface area (Å²) in [5.74, 6) is -0.502. The molecule has 2 aromatic rings. The first-order valence-corrected chi connectivity index (χ1v) is 9.55. The lowest BCUT2D eigenvalue weighted by molar-refractivity contribution is -0.143. The van der Waals surface area contributed by atoms with E-state index in [1.54, 1.807) is 0 Å². The molecule has 0 bridgehead atoms. The number of carbonyl (C=O) groups is 2. The number of carbonyl (C=O) groups excluding carboxylic acids is 2. The molecule has 1 aliphatic rings. The fraction of sp³-hybridized carbons (Fsp3) is 0.364. The standard InChI is InChI=1S/C22H26N2O4.ClH/c1-27-21(25)20(12-6-7-13-23)24-22(26)28-14-19-17-10-4-2-8-15(17)16-9-3-5-11-18(16)19;/h2-5,8-11,19-20H,6-7,12-14,23H2,1H3,(H,24,26);1H/t20-;/m0./s1. The highest BCUT2D eigenvalue weighted by molar-refractivity contribution is 5.85. The highest BCUT2D eigenvalue weighted by Gasteiger charge is 2.29. The van der Waals surface area contributed by atoms with Crippen LogP contribution in [-0.4, -0.2) is 38.4 Å². The van der Waals surface area contributed by atoms with Crippen molar-refractivity contribution >= 4 is 24.5 Å². The normalized spacial score (nSPS) is 12.9. The molecule has 3 rings (SSSR count). The maximum Gasteiger partial charge on any atom is 0.407 e. The maximum absolute atomic E-state index is 12.3. The second-order valence-corrected chi connectivity index (χ2v) is 6.83. The van der Waals surface area contributed by atoms with Crippen molar-refractivity contribution in [1.82, 2.24) is 5.32 Å². The Hall–Kier alpha value is -2.57. The summed E-state index contributed by atoms with van der Waals surface area (Å²) < 4.78 is 10.3. The minimum Gasteiger partial charge on any atom is -0.467 e. The highest BCUT2D eigenvalue weighted by atomic mass is 35.5. The number of hydrogen-bond donors (Lipinski definition) is 2. The van der Waals surface area contributed by atoms with Crippen LogP contribution in [0.15, 0.2) is 48.5 Å². The third kappa shape index (κ3) is 5.28. The van der Waals surface area contributed by atoms with E-state index in [9.17, 15) is 9.59 Å². The van der Waals surface area contributed by atoms with Crippen molar-refractivity contribution in [1.29, 1.82) is 0 Å². The molecule has 1 atom stereocenters. The average Bonchev–Trinajstić information content (AvgIpc) is 3.05. The van der Waals surface area contributed by atoms with Crippen LogP contribution < -0.4 is 11.1 Å². The summed E-state index contributed by atoms with van der Waals surface area (Å²) in [4.78, 5) is 24.2. The molecule has 6 nitrogen and oxygen atoms in total. The van der Waals surface area contributed by atoms with E-state index in [1.807, 2.05) is 24.3 Å². The van der Waals surface area contributed by atoms with Crippen molar-refractivity contribution in [3.05, 3.63) is 59.7 Å². The van der Waals surface area contributed by atoms with Crippen LogP contribution >= 0.6 is 12.4 Å². The lowest BCUT2D eigenvalue weighted by Gasteiger charge is -2.18. The molecular weight excluding hydrogens is 392 g/mol. The van der Waals surface area contributed by atoms with Crippen LogP contribution in [0.3, 0.4) is 0 Å². The van der Waals surface area contributed by atoms with Gasteiger partial charge in [0.15, 0.2) is 0 Å². The van der Waals surface area contributed by atoms with E-state index in [4.69, 9.17) is 15.2 Å². The fourth-order valence-electron chi connectivity index (χ4n) is 3.67. The number of hydrogen-bond acceptors (Lipinski definition) is 5. The molecule has 1 aliphatic carbocycles. The second kappa shape index (κ2) is 10.8. The highest BCUT2D eigenvalue weighted by Crippen LogP contribution is 2.44. The molecule has 0 fully saturated rings. The van der Waals surface area contributed by atoms with Crippen LogP contribution in [0.2, 0.25) is 0 Å². The second-order valence-electron chi connectivity index (χ2n) is 6.83. The first kappa shape index (κ1) is 22.7. The molecule has 0 radical (unpaired) electrons. The average molecular weight is 419 g/mol. The smallest absolute Gasteiger partial charge is 0.407 e. The molecule has 0 saturated carbocycles. The molecular formula is C22H27ClN2O4. The summed E-state index contributed by atoms with van der Waals surface area (Å²) in [6.45, 7) is 0.745. The SMILES string of the molecule is COC(=O)[C@H](CCCCN)NC(=O)OCC1c2ccccc2-c2ccccc21.Cl. The summed E-state index contributed by atoms with van der Waals surface area (Å²) in [6, 6.07) is 15.5. The van der Waals surface area contributed by atoms with Gasteiger partial charge in [0.2, 0.25) is 0 Å². The van der Waals surface area contributed by atoms with Gasteiger partial charge in [-0.1, -0.05) is 48.5 Å². The monoisotopic (exact) mass is 418 g/mol. The zero-order valence-corrected chi connectivity index (χ0v) is 17.2. The molecule has 0 unspecified atom stereocenters. The molecule has 0 spiro atoms. The minimum atomic E-state index is -0.729. The summed E-state index contributed by atoms with van der Waals surface area (Å²) >= 11 is 0. The van der Waals surface area contributed by atoms with Gasteiger partial charge in [0, 0.05) is 5.92 Å². The molecule has 0 saturated heterocycles. The Labute approximate surface area is 177 Å². The number of ether oxygens (including phenoxy) is 2. The maximum atomic E-state index is 12.3. The van der Waals surface area contributed by atoms with Gasteiger partial charge in [-0.05, 0) is 48.1 Å². The largest absolute Gasteiger partial charge is 0.467 e. The van der Waals surface area contributed by atoms with Crippen LogP contribution in [0.25, 0.3) is 11.1 Å². The van der Waals surface area contributed by atoms with Crippen molar-refractivity contribution < 1.29 is 19.1 Å². The number of unbranched alkanes of at least 4 members (excludes halogenated alkanes) is 1. The molecule has 2 aromatic carbocycles. The van der Waals surface area contributed by atoms with E-state index < -0.39 is 18.1 Å². The van der Waals surface area contributed by atoms with E-state index in [0.717, 1.165) is 24.0 Å².